The molecule has 0 spiro atoms. The number of imidazole rings is 1. The fourth-order valence-electron chi connectivity index (χ4n) is 2.31. The highest BCUT2D eigenvalue weighted by molar-refractivity contribution is 9.10. The van der Waals surface area contributed by atoms with Gasteiger partial charge in [0, 0.05) is 15.8 Å². The molecule has 0 bridgehead atoms. The quantitative estimate of drug-likeness (QED) is 0.583. The van der Waals surface area contributed by atoms with Crippen LogP contribution in [-0.4, -0.2) is 9.55 Å². The molecule has 2 aromatic heterocycles. The second-order valence-electron chi connectivity index (χ2n) is 4.71. The third-order valence-electron chi connectivity index (χ3n) is 3.32. The molecule has 1 atom stereocenters. The minimum Gasteiger partial charge on any atom is -0.331 e. The third-order valence-corrected chi connectivity index (χ3v) is 5.40. The van der Waals surface area contributed by atoms with Gasteiger partial charge in [0.05, 0.1) is 21.5 Å². The molecule has 1 N–H and O–H groups in total. The number of nitrogens with zero attached hydrogens (tertiary/aromatic N) is 1. The highest BCUT2D eigenvalue weighted by atomic mass is 79.9. The molecule has 0 aliphatic carbocycles. The molecular weight excluding hydrogens is 359 g/mol. The van der Waals surface area contributed by atoms with Crippen LogP contribution in [0.1, 0.15) is 22.7 Å². The van der Waals surface area contributed by atoms with E-state index >= 15 is 0 Å². The molecule has 20 heavy (non-hydrogen) atoms. The molecule has 6 heteroatoms. The number of halogens is 2. The van der Waals surface area contributed by atoms with Crippen LogP contribution in [0.15, 0.2) is 28.7 Å². The van der Waals surface area contributed by atoms with Crippen LogP contribution < -0.4 is 0 Å². The third kappa shape index (κ3) is 2.25. The van der Waals surface area contributed by atoms with Gasteiger partial charge in [-0.15, -0.1) is 11.3 Å². The van der Waals surface area contributed by atoms with E-state index in [-0.39, 0.29) is 11.9 Å². The number of hydrogen-bond acceptors (Lipinski definition) is 2. The summed E-state index contributed by atoms with van der Waals surface area (Å²) < 4.78 is 16.8. The number of H-pyrrole nitrogens is 1. The Labute approximate surface area is 133 Å². The number of benzene rings is 1. The molecule has 0 saturated heterocycles. The van der Waals surface area contributed by atoms with Crippen LogP contribution in [0.3, 0.4) is 0 Å². The van der Waals surface area contributed by atoms with Crippen molar-refractivity contribution in [3.8, 4) is 0 Å². The number of fused-ring (bicyclic) bond motifs is 1. The lowest BCUT2D eigenvalue weighted by molar-refractivity contribution is 0.618. The number of aromatic amines is 1. The first-order valence-electron chi connectivity index (χ1n) is 6.13. The molecule has 1 unspecified atom stereocenters. The second kappa shape index (κ2) is 5.09. The molecule has 2 nitrogen and oxygen atoms in total. The summed E-state index contributed by atoms with van der Waals surface area (Å²) in [6, 6.07) is 7.51. The summed E-state index contributed by atoms with van der Waals surface area (Å²) in [6.07, 6.45) is 0. The first-order chi connectivity index (χ1) is 9.47. The SMILES string of the molecule is Cc1ccc(C(C)n2c(=S)[nH]c3cc(Br)c(F)cc32)s1. The Hall–Kier alpha value is -0.980. The average molecular weight is 371 g/mol. The van der Waals surface area contributed by atoms with Gasteiger partial charge in [0.15, 0.2) is 4.77 Å². The van der Waals surface area contributed by atoms with Gasteiger partial charge in [-0.2, -0.15) is 0 Å². The maximum absolute atomic E-state index is 13.8. The Kier molecular flexibility index (Phi) is 3.56. The van der Waals surface area contributed by atoms with Gasteiger partial charge in [-0.1, -0.05) is 0 Å². The number of rotatable bonds is 2. The van der Waals surface area contributed by atoms with E-state index in [9.17, 15) is 4.39 Å². The molecule has 0 saturated carbocycles. The van der Waals surface area contributed by atoms with E-state index < -0.39 is 0 Å². The summed E-state index contributed by atoms with van der Waals surface area (Å²) in [5.41, 5.74) is 1.62. The van der Waals surface area contributed by atoms with Crippen molar-refractivity contribution >= 4 is 50.5 Å². The van der Waals surface area contributed by atoms with Crippen molar-refractivity contribution in [3.63, 3.8) is 0 Å². The minimum atomic E-state index is -0.283. The van der Waals surface area contributed by atoms with Gasteiger partial charge in [0.2, 0.25) is 0 Å². The summed E-state index contributed by atoms with van der Waals surface area (Å²) in [6.45, 7) is 4.15. The Morgan fingerprint density at radius 1 is 1.40 bits per heavy atom. The standard InChI is InChI=1S/C14H12BrFN2S2/c1-7-3-4-13(20-7)8(2)18-12-6-10(16)9(15)5-11(12)17-14(18)19/h3-6,8H,1-2H3,(H,17,19). The lowest BCUT2D eigenvalue weighted by atomic mass is 10.2. The molecule has 2 heterocycles. The zero-order valence-electron chi connectivity index (χ0n) is 10.9. The molecule has 0 amide bonds. The number of thiophene rings is 1. The minimum absolute atomic E-state index is 0.0792. The Balaban J connectivity index is 2.23. The molecule has 3 rings (SSSR count). The van der Waals surface area contributed by atoms with E-state index in [4.69, 9.17) is 12.2 Å². The number of hydrogen-bond donors (Lipinski definition) is 1. The van der Waals surface area contributed by atoms with Gasteiger partial charge >= 0.3 is 0 Å². The Morgan fingerprint density at radius 2 is 2.15 bits per heavy atom. The summed E-state index contributed by atoms with van der Waals surface area (Å²) in [7, 11) is 0. The summed E-state index contributed by atoms with van der Waals surface area (Å²) in [5, 5.41) is 0. The van der Waals surface area contributed by atoms with Crippen LogP contribution in [-0.2, 0) is 0 Å². The summed E-state index contributed by atoms with van der Waals surface area (Å²) >= 11 is 10.3. The second-order valence-corrected chi connectivity index (χ2v) is 7.27. The van der Waals surface area contributed by atoms with Crippen molar-refractivity contribution in [1.29, 1.82) is 0 Å². The monoisotopic (exact) mass is 370 g/mol. The van der Waals surface area contributed by atoms with Gasteiger partial charge in [-0.25, -0.2) is 4.39 Å². The normalized spacial score (nSPS) is 13.0. The van der Waals surface area contributed by atoms with E-state index in [2.05, 4.69) is 46.9 Å². The van der Waals surface area contributed by atoms with Crippen LogP contribution in [0.25, 0.3) is 11.0 Å². The zero-order valence-corrected chi connectivity index (χ0v) is 14.1. The lowest BCUT2D eigenvalue weighted by Crippen LogP contribution is -2.05. The molecule has 3 aromatic rings. The van der Waals surface area contributed by atoms with E-state index in [1.54, 1.807) is 17.4 Å². The highest BCUT2D eigenvalue weighted by Crippen LogP contribution is 2.31. The molecule has 0 aliphatic heterocycles. The largest absolute Gasteiger partial charge is 0.331 e. The number of nitrogens with one attached hydrogen (secondary N) is 1. The maximum Gasteiger partial charge on any atom is 0.178 e. The Bertz CT molecular complexity index is 847. The molecule has 0 fully saturated rings. The van der Waals surface area contributed by atoms with E-state index in [0.29, 0.717) is 9.24 Å². The molecule has 1 aromatic carbocycles. The average Bonchev–Trinajstić information content (AvgIpc) is 2.93. The van der Waals surface area contributed by atoms with Gasteiger partial charge in [-0.3, -0.25) is 0 Å². The smallest absolute Gasteiger partial charge is 0.178 e. The predicted molar refractivity (Wildman–Crippen MR) is 87.6 cm³/mol. The summed E-state index contributed by atoms with van der Waals surface area (Å²) in [5.74, 6) is -0.283. The van der Waals surface area contributed by atoms with Crippen molar-refractivity contribution in [2.75, 3.05) is 0 Å². The van der Waals surface area contributed by atoms with Gasteiger partial charge in [-0.05, 0) is 60.2 Å². The zero-order chi connectivity index (χ0) is 14.4. The fourth-order valence-corrected chi connectivity index (χ4v) is 3.94. The van der Waals surface area contributed by atoms with E-state index in [1.807, 2.05) is 4.57 Å². The van der Waals surface area contributed by atoms with Crippen molar-refractivity contribution in [2.24, 2.45) is 0 Å². The topological polar surface area (TPSA) is 20.7 Å². The lowest BCUT2D eigenvalue weighted by Gasteiger charge is -2.13. The first kappa shape index (κ1) is 14.0. The molecule has 104 valence electrons. The van der Waals surface area contributed by atoms with Crippen LogP contribution in [0.2, 0.25) is 0 Å². The van der Waals surface area contributed by atoms with Crippen LogP contribution in [0.4, 0.5) is 4.39 Å². The van der Waals surface area contributed by atoms with E-state index in [1.165, 1.54) is 15.8 Å². The highest BCUT2D eigenvalue weighted by Gasteiger charge is 2.16. The first-order valence-corrected chi connectivity index (χ1v) is 8.14. The van der Waals surface area contributed by atoms with Gasteiger partial charge in [0.25, 0.3) is 0 Å². The van der Waals surface area contributed by atoms with Crippen LogP contribution in [0, 0.1) is 17.5 Å². The number of aryl methyl sites for hydroxylation is 1. The van der Waals surface area contributed by atoms with Crippen LogP contribution >= 0.6 is 39.5 Å². The maximum atomic E-state index is 13.8. The van der Waals surface area contributed by atoms with Crippen molar-refractivity contribution < 1.29 is 4.39 Å². The van der Waals surface area contributed by atoms with Crippen LogP contribution in [0.5, 0.6) is 0 Å². The number of aromatic nitrogens is 2. The van der Waals surface area contributed by atoms with Crippen molar-refractivity contribution in [3.05, 3.63) is 49.1 Å². The summed E-state index contributed by atoms with van der Waals surface area (Å²) in [4.78, 5) is 5.61. The molecule has 0 radical (unpaired) electrons. The molecule has 0 aliphatic rings. The van der Waals surface area contributed by atoms with Crippen molar-refractivity contribution in [1.82, 2.24) is 9.55 Å². The van der Waals surface area contributed by atoms with Gasteiger partial charge < -0.3 is 9.55 Å². The van der Waals surface area contributed by atoms with E-state index in [0.717, 1.165) is 11.0 Å². The fraction of sp³-hybridized carbons (Fsp3) is 0.214. The predicted octanol–water partition coefficient (Wildman–Crippen LogP) is 5.58. The van der Waals surface area contributed by atoms with Crippen molar-refractivity contribution in [2.45, 2.75) is 19.9 Å². The Morgan fingerprint density at radius 3 is 2.80 bits per heavy atom. The van der Waals surface area contributed by atoms with Gasteiger partial charge in [0.1, 0.15) is 5.82 Å². The molecular formula is C14H12BrFN2S2.